The van der Waals surface area contributed by atoms with Crippen LogP contribution in [0.15, 0.2) is 0 Å². The molecular weight excluding hydrogens is 268 g/mol. The maximum Gasteiger partial charge on any atom is 0.0707 e. The summed E-state index contributed by atoms with van der Waals surface area (Å²) < 4.78 is 16.5. The van der Waals surface area contributed by atoms with E-state index in [1.807, 2.05) is 0 Å². The summed E-state index contributed by atoms with van der Waals surface area (Å²) in [5.41, 5.74) is 0. The molecule has 5 nitrogen and oxygen atoms in total. The van der Waals surface area contributed by atoms with Crippen LogP contribution in [-0.2, 0) is 14.2 Å². The van der Waals surface area contributed by atoms with Gasteiger partial charge < -0.3 is 19.5 Å². The molecule has 2 fully saturated rings. The van der Waals surface area contributed by atoms with E-state index in [1.165, 1.54) is 25.7 Å². The van der Waals surface area contributed by atoms with Crippen LogP contribution in [0.2, 0.25) is 0 Å². The van der Waals surface area contributed by atoms with Gasteiger partial charge in [0.1, 0.15) is 0 Å². The van der Waals surface area contributed by atoms with Crippen molar-refractivity contribution in [2.24, 2.45) is 0 Å². The molecule has 0 bridgehead atoms. The summed E-state index contributed by atoms with van der Waals surface area (Å²) >= 11 is 0. The Bertz CT molecular complexity index is 274. The molecule has 2 aliphatic rings. The van der Waals surface area contributed by atoms with Crippen molar-refractivity contribution >= 4 is 0 Å². The largest absolute Gasteiger partial charge is 0.385 e. The molecule has 0 aromatic heterocycles. The van der Waals surface area contributed by atoms with E-state index in [-0.39, 0.29) is 0 Å². The van der Waals surface area contributed by atoms with Gasteiger partial charge in [-0.1, -0.05) is 0 Å². The van der Waals surface area contributed by atoms with Crippen LogP contribution in [-0.4, -0.2) is 76.8 Å². The lowest BCUT2D eigenvalue weighted by molar-refractivity contribution is 0.0170. The maximum atomic E-state index is 6.18. The molecule has 1 saturated heterocycles. The summed E-state index contributed by atoms with van der Waals surface area (Å²) in [7, 11) is 3.52. The number of methoxy groups -OCH3 is 2. The van der Waals surface area contributed by atoms with E-state index in [0.717, 1.165) is 51.9 Å². The second kappa shape index (κ2) is 9.74. The quantitative estimate of drug-likeness (QED) is 0.550. The third kappa shape index (κ3) is 7.06. The van der Waals surface area contributed by atoms with Gasteiger partial charge in [0, 0.05) is 53.0 Å². The first-order chi connectivity index (χ1) is 10.3. The van der Waals surface area contributed by atoms with E-state index in [1.54, 1.807) is 14.2 Å². The Kier molecular flexibility index (Phi) is 7.96. The molecule has 21 heavy (non-hydrogen) atoms. The van der Waals surface area contributed by atoms with Gasteiger partial charge in [0.05, 0.1) is 18.8 Å². The molecule has 2 rings (SSSR count). The highest BCUT2D eigenvalue weighted by Gasteiger charge is 2.28. The van der Waals surface area contributed by atoms with E-state index in [9.17, 15) is 0 Å². The molecule has 1 heterocycles. The molecule has 1 aliphatic carbocycles. The number of nitrogens with zero attached hydrogens (tertiary/aromatic N) is 1. The highest BCUT2D eigenvalue weighted by molar-refractivity contribution is 4.84. The second-order valence-corrected chi connectivity index (χ2v) is 6.28. The van der Waals surface area contributed by atoms with Gasteiger partial charge in [-0.15, -0.1) is 0 Å². The summed E-state index contributed by atoms with van der Waals surface area (Å²) in [6, 6.07) is 0.778. The van der Waals surface area contributed by atoms with Crippen LogP contribution < -0.4 is 5.32 Å². The van der Waals surface area contributed by atoms with Gasteiger partial charge in [-0.3, -0.25) is 4.90 Å². The predicted molar refractivity (Wildman–Crippen MR) is 83.7 cm³/mol. The van der Waals surface area contributed by atoms with Gasteiger partial charge in [0.25, 0.3) is 0 Å². The van der Waals surface area contributed by atoms with Gasteiger partial charge >= 0.3 is 0 Å². The van der Waals surface area contributed by atoms with Gasteiger partial charge in [-0.2, -0.15) is 0 Å². The fourth-order valence-corrected chi connectivity index (χ4v) is 2.89. The van der Waals surface area contributed by atoms with E-state index in [4.69, 9.17) is 14.2 Å². The van der Waals surface area contributed by atoms with E-state index in [0.29, 0.717) is 12.2 Å². The third-order valence-electron chi connectivity index (χ3n) is 4.30. The Hall–Kier alpha value is -0.200. The molecule has 1 aliphatic heterocycles. The SMILES string of the molecule is COCCCN(CCOC)CC1CCC(CNC2CC2)O1. The van der Waals surface area contributed by atoms with Crippen LogP contribution in [0, 0.1) is 0 Å². The molecule has 0 radical (unpaired) electrons. The van der Waals surface area contributed by atoms with Crippen LogP contribution in [0.1, 0.15) is 32.1 Å². The first kappa shape index (κ1) is 17.2. The molecule has 2 unspecified atom stereocenters. The van der Waals surface area contributed by atoms with E-state index < -0.39 is 0 Å². The van der Waals surface area contributed by atoms with Crippen LogP contribution in [0.5, 0.6) is 0 Å². The summed E-state index contributed by atoms with van der Waals surface area (Å²) in [6.45, 7) is 5.69. The molecule has 1 N–H and O–H groups in total. The molecule has 0 aromatic rings. The minimum absolute atomic E-state index is 0.385. The minimum atomic E-state index is 0.385. The van der Waals surface area contributed by atoms with Crippen LogP contribution in [0.4, 0.5) is 0 Å². The number of nitrogens with one attached hydrogen (secondary N) is 1. The molecule has 1 saturated carbocycles. The number of hydrogen-bond acceptors (Lipinski definition) is 5. The first-order valence-electron chi connectivity index (χ1n) is 8.41. The molecule has 2 atom stereocenters. The predicted octanol–water partition coefficient (Wildman–Crippen LogP) is 1.27. The van der Waals surface area contributed by atoms with Crippen molar-refractivity contribution in [1.29, 1.82) is 0 Å². The Morgan fingerprint density at radius 3 is 2.48 bits per heavy atom. The van der Waals surface area contributed by atoms with E-state index >= 15 is 0 Å². The first-order valence-corrected chi connectivity index (χ1v) is 8.41. The summed E-state index contributed by atoms with van der Waals surface area (Å²) in [5, 5.41) is 3.57. The lowest BCUT2D eigenvalue weighted by atomic mass is 10.2. The highest BCUT2D eigenvalue weighted by Crippen LogP contribution is 2.23. The monoisotopic (exact) mass is 300 g/mol. The second-order valence-electron chi connectivity index (χ2n) is 6.28. The van der Waals surface area contributed by atoms with Gasteiger partial charge in [0.15, 0.2) is 0 Å². The Labute approximate surface area is 129 Å². The zero-order valence-corrected chi connectivity index (χ0v) is 13.7. The summed E-state index contributed by atoms with van der Waals surface area (Å²) in [4.78, 5) is 2.45. The van der Waals surface area contributed by atoms with Crippen molar-refractivity contribution in [3.8, 4) is 0 Å². The van der Waals surface area contributed by atoms with Crippen molar-refractivity contribution in [2.45, 2.75) is 50.4 Å². The van der Waals surface area contributed by atoms with Gasteiger partial charge in [-0.05, 0) is 32.1 Å². The maximum absolute atomic E-state index is 6.18. The van der Waals surface area contributed by atoms with Crippen molar-refractivity contribution < 1.29 is 14.2 Å². The summed E-state index contributed by atoms with van der Waals surface area (Å²) in [5.74, 6) is 0. The third-order valence-corrected chi connectivity index (χ3v) is 4.30. The lowest BCUT2D eigenvalue weighted by Crippen LogP contribution is -2.37. The van der Waals surface area contributed by atoms with E-state index in [2.05, 4.69) is 10.2 Å². The fourth-order valence-electron chi connectivity index (χ4n) is 2.89. The van der Waals surface area contributed by atoms with Crippen LogP contribution >= 0.6 is 0 Å². The fraction of sp³-hybridized carbons (Fsp3) is 1.00. The smallest absolute Gasteiger partial charge is 0.0707 e. The normalized spacial score (nSPS) is 25.9. The molecule has 0 aromatic carbocycles. The minimum Gasteiger partial charge on any atom is -0.385 e. The van der Waals surface area contributed by atoms with Crippen LogP contribution in [0.25, 0.3) is 0 Å². The zero-order valence-electron chi connectivity index (χ0n) is 13.7. The molecule has 124 valence electrons. The lowest BCUT2D eigenvalue weighted by Gasteiger charge is -2.25. The van der Waals surface area contributed by atoms with Crippen molar-refractivity contribution in [3.05, 3.63) is 0 Å². The molecular formula is C16H32N2O3. The van der Waals surface area contributed by atoms with Gasteiger partial charge in [-0.25, -0.2) is 0 Å². The van der Waals surface area contributed by atoms with Crippen molar-refractivity contribution in [3.63, 3.8) is 0 Å². The summed E-state index contributed by atoms with van der Waals surface area (Å²) in [6.07, 6.45) is 6.94. The van der Waals surface area contributed by atoms with Gasteiger partial charge in [0.2, 0.25) is 0 Å². The number of ether oxygens (including phenoxy) is 3. The highest BCUT2D eigenvalue weighted by atomic mass is 16.5. The Morgan fingerprint density at radius 2 is 1.76 bits per heavy atom. The average Bonchev–Trinajstić information content (AvgIpc) is 3.22. The Balaban J connectivity index is 1.63. The molecule has 0 spiro atoms. The zero-order chi connectivity index (χ0) is 14.9. The van der Waals surface area contributed by atoms with Crippen molar-refractivity contribution in [1.82, 2.24) is 10.2 Å². The average molecular weight is 300 g/mol. The molecule has 5 heteroatoms. The van der Waals surface area contributed by atoms with Crippen LogP contribution in [0.3, 0.4) is 0 Å². The standard InChI is InChI=1S/C16H32N2O3/c1-19-10-3-8-18(9-11-20-2)13-16-7-6-15(21-16)12-17-14-4-5-14/h14-17H,3-13H2,1-2H3. The molecule has 0 amide bonds. The number of rotatable bonds is 12. The van der Waals surface area contributed by atoms with Crippen molar-refractivity contribution in [2.75, 3.05) is 53.6 Å². The Morgan fingerprint density at radius 1 is 1.00 bits per heavy atom. The topological polar surface area (TPSA) is 43.0 Å². The number of hydrogen-bond donors (Lipinski definition) is 1.